The number of anilines is 1. The standard InChI is InChI=1S/C19H14Cl3N5O/c1-9-15(17(23)28)16(11-4-2-3-5-13(11)21)27-19(24-9)25-18(26-27)12-7-6-10(20)8-14(12)22/h2-8,16H,1H3,(H2,23,28)(H,24,25,26). The Bertz CT molecular complexity index is 1140. The maximum Gasteiger partial charge on any atom is 0.248 e. The van der Waals surface area contributed by atoms with Crippen molar-refractivity contribution in [3.8, 4) is 11.4 Å². The van der Waals surface area contributed by atoms with Crippen LogP contribution in [0, 0.1) is 0 Å². The summed E-state index contributed by atoms with van der Waals surface area (Å²) >= 11 is 18.7. The van der Waals surface area contributed by atoms with Crippen LogP contribution in [0.5, 0.6) is 0 Å². The van der Waals surface area contributed by atoms with Crippen molar-refractivity contribution < 1.29 is 4.79 Å². The molecular weight excluding hydrogens is 421 g/mol. The van der Waals surface area contributed by atoms with Crippen LogP contribution in [0.25, 0.3) is 11.4 Å². The van der Waals surface area contributed by atoms with Gasteiger partial charge in [-0.2, -0.15) is 4.98 Å². The second kappa shape index (κ2) is 7.13. The minimum atomic E-state index is -0.616. The molecule has 0 aliphatic carbocycles. The summed E-state index contributed by atoms with van der Waals surface area (Å²) in [5.74, 6) is 0.273. The number of carbonyl (C=O) groups excluding carboxylic acids is 1. The third kappa shape index (κ3) is 3.13. The molecule has 0 fully saturated rings. The number of rotatable bonds is 3. The van der Waals surface area contributed by atoms with Gasteiger partial charge in [-0.3, -0.25) is 4.79 Å². The summed E-state index contributed by atoms with van der Waals surface area (Å²) in [4.78, 5) is 16.8. The first-order chi connectivity index (χ1) is 13.4. The summed E-state index contributed by atoms with van der Waals surface area (Å²) in [5, 5.41) is 9.11. The first-order valence-corrected chi connectivity index (χ1v) is 9.44. The number of amides is 1. The van der Waals surface area contributed by atoms with Gasteiger partial charge in [-0.1, -0.05) is 53.0 Å². The second-order valence-electron chi connectivity index (χ2n) is 6.28. The van der Waals surface area contributed by atoms with E-state index in [0.29, 0.717) is 49.2 Å². The van der Waals surface area contributed by atoms with E-state index in [0.717, 1.165) is 0 Å². The Morgan fingerprint density at radius 3 is 2.57 bits per heavy atom. The van der Waals surface area contributed by atoms with E-state index < -0.39 is 11.9 Å². The van der Waals surface area contributed by atoms with Crippen LogP contribution < -0.4 is 11.1 Å². The van der Waals surface area contributed by atoms with Crippen LogP contribution in [0.3, 0.4) is 0 Å². The molecule has 0 saturated carbocycles. The van der Waals surface area contributed by atoms with Crippen LogP contribution in [-0.2, 0) is 4.79 Å². The summed E-state index contributed by atoms with van der Waals surface area (Å²) in [6.45, 7) is 1.76. The van der Waals surface area contributed by atoms with Crippen LogP contribution in [0.2, 0.25) is 15.1 Å². The molecule has 1 aliphatic rings. The zero-order valence-corrected chi connectivity index (χ0v) is 16.8. The van der Waals surface area contributed by atoms with Crippen LogP contribution in [0.1, 0.15) is 18.5 Å². The van der Waals surface area contributed by atoms with Crippen LogP contribution in [-0.4, -0.2) is 20.7 Å². The minimum absolute atomic E-state index is 0.360. The van der Waals surface area contributed by atoms with E-state index in [1.165, 1.54) is 0 Å². The first kappa shape index (κ1) is 18.8. The first-order valence-electron chi connectivity index (χ1n) is 8.31. The fourth-order valence-corrected chi connectivity index (χ4v) is 3.97. The molecule has 142 valence electrons. The van der Waals surface area contributed by atoms with Crippen LogP contribution in [0.4, 0.5) is 5.95 Å². The highest BCUT2D eigenvalue weighted by Crippen LogP contribution is 2.39. The van der Waals surface area contributed by atoms with Gasteiger partial charge in [0.15, 0.2) is 5.82 Å². The summed E-state index contributed by atoms with van der Waals surface area (Å²) in [6, 6.07) is 11.7. The zero-order chi connectivity index (χ0) is 20.0. The van der Waals surface area contributed by atoms with Gasteiger partial charge in [0.1, 0.15) is 6.04 Å². The molecule has 4 rings (SSSR count). The fraction of sp³-hybridized carbons (Fsp3) is 0.105. The third-order valence-electron chi connectivity index (χ3n) is 4.49. The smallest absolute Gasteiger partial charge is 0.248 e. The molecule has 0 spiro atoms. The quantitative estimate of drug-likeness (QED) is 0.627. The van der Waals surface area contributed by atoms with Crippen molar-refractivity contribution in [2.24, 2.45) is 5.73 Å². The largest absolute Gasteiger partial charge is 0.366 e. The summed E-state index contributed by atoms with van der Waals surface area (Å²) in [5.41, 5.74) is 7.93. The Labute approximate surface area is 175 Å². The second-order valence-corrected chi connectivity index (χ2v) is 7.53. The molecule has 6 nitrogen and oxygen atoms in total. The molecule has 1 aromatic heterocycles. The van der Waals surface area contributed by atoms with Crippen molar-refractivity contribution >= 4 is 46.7 Å². The fourth-order valence-electron chi connectivity index (χ4n) is 3.24. The van der Waals surface area contributed by atoms with Crippen molar-refractivity contribution in [2.45, 2.75) is 13.0 Å². The van der Waals surface area contributed by atoms with E-state index in [1.807, 2.05) is 18.2 Å². The molecule has 2 heterocycles. The van der Waals surface area contributed by atoms with Gasteiger partial charge in [0.25, 0.3) is 0 Å². The van der Waals surface area contributed by atoms with Gasteiger partial charge in [-0.25, -0.2) is 4.68 Å². The Balaban J connectivity index is 1.92. The van der Waals surface area contributed by atoms with Gasteiger partial charge in [0.2, 0.25) is 11.9 Å². The number of allylic oxidation sites excluding steroid dienone is 1. The van der Waals surface area contributed by atoms with Crippen molar-refractivity contribution in [2.75, 3.05) is 5.32 Å². The predicted octanol–water partition coefficient (Wildman–Crippen LogP) is 4.68. The Morgan fingerprint density at radius 2 is 1.89 bits per heavy atom. The number of primary amides is 1. The molecule has 1 unspecified atom stereocenters. The number of carbonyl (C=O) groups is 1. The maximum absolute atomic E-state index is 12.2. The van der Waals surface area contributed by atoms with Gasteiger partial charge in [-0.15, -0.1) is 5.10 Å². The molecule has 9 heteroatoms. The number of fused-ring (bicyclic) bond motifs is 1. The molecule has 0 bridgehead atoms. The monoisotopic (exact) mass is 433 g/mol. The lowest BCUT2D eigenvalue weighted by Crippen LogP contribution is -2.32. The Hall–Kier alpha value is -2.54. The molecule has 28 heavy (non-hydrogen) atoms. The number of benzene rings is 2. The third-order valence-corrected chi connectivity index (χ3v) is 5.38. The van der Waals surface area contributed by atoms with E-state index in [9.17, 15) is 4.79 Å². The van der Waals surface area contributed by atoms with Gasteiger partial charge < -0.3 is 11.1 Å². The molecule has 3 aromatic rings. The number of hydrogen-bond donors (Lipinski definition) is 2. The zero-order valence-electron chi connectivity index (χ0n) is 14.6. The van der Waals surface area contributed by atoms with Crippen LogP contribution in [0.15, 0.2) is 53.7 Å². The highest BCUT2D eigenvalue weighted by Gasteiger charge is 2.34. The lowest BCUT2D eigenvalue weighted by Gasteiger charge is -2.28. The highest BCUT2D eigenvalue weighted by molar-refractivity contribution is 6.36. The molecule has 3 N–H and O–H groups in total. The van der Waals surface area contributed by atoms with Crippen molar-refractivity contribution in [3.63, 3.8) is 0 Å². The van der Waals surface area contributed by atoms with Crippen LogP contribution >= 0.6 is 34.8 Å². The van der Waals surface area contributed by atoms with E-state index in [-0.39, 0.29) is 0 Å². The lowest BCUT2D eigenvalue weighted by molar-refractivity contribution is -0.115. The molecule has 2 aromatic carbocycles. The average molecular weight is 435 g/mol. The molecule has 1 aliphatic heterocycles. The summed E-state index contributed by atoms with van der Waals surface area (Å²) < 4.78 is 1.59. The van der Waals surface area contributed by atoms with E-state index in [1.54, 1.807) is 35.9 Å². The SMILES string of the molecule is CC1=C(C(N)=O)C(c2ccccc2Cl)n2nc(-c3ccc(Cl)cc3Cl)nc2N1. The Kier molecular flexibility index (Phi) is 4.79. The minimum Gasteiger partial charge on any atom is -0.366 e. The molecule has 1 atom stereocenters. The number of hydrogen-bond acceptors (Lipinski definition) is 4. The number of aromatic nitrogens is 3. The topological polar surface area (TPSA) is 85.8 Å². The Morgan fingerprint density at radius 1 is 1.14 bits per heavy atom. The average Bonchev–Trinajstić information content (AvgIpc) is 3.04. The maximum atomic E-state index is 12.2. The van der Waals surface area contributed by atoms with E-state index in [2.05, 4.69) is 15.4 Å². The van der Waals surface area contributed by atoms with Gasteiger partial charge >= 0.3 is 0 Å². The lowest BCUT2D eigenvalue weighted by atomic mass is 9.95. The van der Waals surface area contributed by atoms with Crippen molar-refractivity contribution in [1.29, 1.82) is 0 Å². The van der Waals surface area contributed by atoms with Gasteiger partial charge in [-0.05, 0) is 31.2 Å². The molecular formula is C19H14Cl3N5O. The van der Waals surface area contributed by atoms with Gasteiger partial charge in [0, 0.05) is 26.9 Å². The van der Waals surface area contributed by atoms with Crippen molar-refractivity contribution in [3.05, 3.63) is 74.4 Å². The molecule has 0 saturated heterocycles. The van der Waals surface area contributed by atoms with Gasteiger partial charge in [0.05, 0.1) is 10.6 Å². The molecule has 1 amide bonds. The van der Waals surface area contributed by atoms with E-state index >= 15 is 0 Å². The highest BCUT2D eigenvalue weighted by atomic mass is 35.5. The number of nitrogens with two attached hydrogens (primary N) is 1. The summed E-state index contributed by atoms with van der Waals surface area (Å²) in [7, 11) is 0. The summed E-state index contributed by atoms with van der Waals surface area (Å²) in [6.07, 6.45) is 0. The normalized spacial score (nSPS) is 15.9. The number of nitrogens with one attached hydrogen (secondary N) is 1. The predicted molar refractivity (Wildman–Crippen MR) is 111 cm³/mol. The molecule has 0 radical (unpaired) electrons. The number of nitrogens with zero attached hydrogens (tertiary/aromatic N) is 3. The van der Waals surface area contributed by atoms with Crippen molar-refractivity contribution in [1.82, 2.24) is 14.8 Å². The number of halogens is 3. The van der Waals surface area contributed by atoms with E-state index in [4.69, 9.17) is 40.5 Å².